The number of benzene rings is 1. The lowest BCUT2D eigenvalue weighted by atomic mass is 10.1. The molecule has 2 aromatic rings. The summed E-state index contributed by atoms with van der Waals surface area (Å²) in [7, 11) is 1.48. The fourth-order valence-corrected chi connectivity index (χ4v) is 3.17. The maximum atomic E-state index is 13.1. The Bertz CT molecular complexity index is 859. The van der Waals surface area contributed by atoms with Crippen molar-refractivity contribution in [3.63, 3.8) is 0 Å². The van der Waals surface area contributed by atoms with Crippen LogP contribution in [0.1, 0.15) is 27.2 Å². The van der Waals surface area contributed by atoms with Crippen LogP contribution >= 0.6 is 15.9 Å². The second-order valence-electron chi connectivity index (χ2n) is 5.25. The number of hydrogen-bond acceptors (Lipinski definition) is 3. The minimum Gasteiger partial charge on any atom is -0.496 e. The number of ketones is 1. The Balaban J connectivity index is 2.04. The zero-order chi connectivity index (χ0) is 17.5. The number of pyridine rings is 1. The van der Waals surface area contributed by atoms with E-state index in [1.165, 1.54) is 25.4 Å². The van der Waals surface area contributed by atoms with Crippen LogP contribution in [0.2, 0.25) is 0 Å². The summed E-state index contributed by atoms with van der Waals surface area (Å²) >= 11 is 3.34. The Morgan fingerprint density at radius 2 is 2.08 bits per heavy atom. The lowest BCUT2D eigenvalue weighted by Crippen LogP contribution is -2.09. The first-order valence-electron chi connectivity index (χ1n) is 6.95. The molecule has 7 heteroatoms. The largest absolute Gasteiger partial charge is 0.496 e. The highest BCUT2D eigenvalue weighted by Gasteiger charge is 2.34. The molecular weight excluding hydrogens is 387 g/mol. The van der Waals surface area contributed by atoms with E-state index in [9.17, 15) is 18.0 Å². The van der Waals surface area contributed by atoms with Gasteiger partial charge >= 0.3 is 6.18 Å². The van der Waals surface area contributed by atoms with Gasteiger partial charge in [0, 0.05) is 23.8 Å². The van der Waals surface area contributed by atoms with Crippen molar-refractivity contribution in [2.75, 3.05) is 7.11 Å². The van der Waals surface area contributed by atoms with Crippen molar-refractivity contribution in [2.45, 2.75) is 12.6 Å². The topological polar surface area (TPSA) is 39.2 Å². The summed E-state index contributed by atoms with van der Waals surface area (Å²) in [5.41, 5.74) is 0.329. The summed E-state index contributed by atoms with van der Waals surface area (Å²) in [4.78, 5) is 16.3. The number of hydrogen-bond donors (Lipinski definition) is 0. The molecule has 0 fully saturated rings. The van der Waals surface area contributed by atoms with Crippen molar-refractivity contribution in [1.82, 2.24) is 4.98 Å². The molecule has 0 radical (unpaired) electrons. The highest BCUT2D eigenvalue weighted by molar-refractivity contribution is 9.10. The Hall–Kier alpha value is -2.15. The smallest absolute Gasteiger partial charge is 0.418 e. The van der Waals surface area contributed by atoms with E-state index in [2.05, 4.69) is 20.9 Å². The third kappa shape index (κ3) is 2.96. The van der Waals surface area contributed by atoms with Gasteiger partial charge < -0.3 is 4.74 Å². The molecule has 0 bridgehead atoms. The number of halogens is 4. The number of allylic oxidation sites excluding steroid dienone is 1. The van der Waals surface area contributed by atoms with Crippen LogP contribution in [0.15, 0.2) is 40.5 Å². The molecule has 3 nitrogen and oxygen atoms in total. The van der Waals surface area contributed by atoms with Gasteiger partial charge in [0.1, 0.15) is 5.75 Å². The van der Waals surface area contributed by atoms with Gasteiger partial charge in [0.25, 0.3) is 0 Å². The first-order valence-corrected chi connectivity index (χ1v) is 7.74. The van der Waals surface area contributed by atoms with E-state index in [-0.39, 0.29) is 23.5 Å². The molecule has 124 valence electrons. The van der Waals surface area contributed by atoms with Crippen molar-refractivity contribution < 1.29 is 22.7 Å². The quantitative estimate of drug-likeness (QED) is 0.689. The lowest BCUT2D eigenvalue weighted by molar-refractivity contribution is -0.138. The van der Waals surface area contributed by atoms with E-state index in [0.717, 1.165) is 11.6 Å². The summed E-state index contributed by atoms with van der Waals surface area (Å²) < 4.78 is 45.0. The van der Waals surface area contributed by atoms with Gasteiger partial charge in [-0.15, -0.1) is 0 Å². The molecule has 1 heterocycles. The van der Waals surface area contributed by atoms with E-state index in [1.807, 2.05) is 0 Å². The van der Waals surface area contributed by atoms with Crippen LogP contribution in [-0.4, -0.2) is 17.9 Å². The van der Waals surface area contributed by atoms with Crippen molar-refractivity contribution in [1.29, 1.82) is 0 Å². The molecule has 0 saturated carbocycles. The van der Waals surface area contributed by atoms with E-state index < -0.39 is 11.7 Å². The van der Waals surface area contributed by atoms with Crippen LogP contribution in [-0.2, 0) is 12.6 Å². The van der Waals surface area contributed by atoms with Crippen LogP contribution in [0, 0.1) is 0 Å². The average molecular weight is 398 g/mol. The van der Waals surface area contributed by atoms with Crippen LogP contribution in [0.25, 0.3) is 6.08 Å². The number of nitrogens with zero attached hydrogens (tertiary/aromatic N) is 1. The highest BCUT2D eigenvalue weighted by Crippen LogP contribution is 2.37. The summed E-state index contributed by atoms with van der Waals surface area (Å²) in [6, 6.07) is 5.51. The first kappa shape index (κ1) is 16.7. The van der Waals surface area contributed by atoms with Gasteiger partial charge in [0.2, 0.25) is 0 Å². The van der Waals surface area contributed by atoms with Crippen molar-refractivity contribution >= 4 is 27.8 Å². The van der Waals surface area contributed by atoms with Gasteiger partial charge in [-0.25, -0.2) is 0 Å². The third-order valence-corrected chi connectivity index (χ3v) is 4.37. The molecule has 1 aliphatic rings. The molecule has 0 N–H and O–H groups in total. The number of carbonyl (C=O) groups excluding carboxylic acids is 1. The van der Waals surface area contributed by atoms with Gasteiger partial charge in [-0.1, -0.05) is 0 Å². The SMILES string of the molecule is COc1cc2c(cc1Br)CC(=Cc1ncccc1C(F)(F)F)C2=O. The van der Waals surface area contributed by atoms with Crippen LogP contribution in [0.5, 0.6) is 5.75 Å². The number of carbonyl (C=O) groups is 1. The Labute approximate surface area is 144 Å². The minimum absolute atomic E-state index is 0.255. The van der Waals surface area contributed by atoms with Gasteiger partial charge in [0.05, 0.1) is 22.8 Å². The Kier molecular flexibility index (Phi) is 4.21. The van der Waals surface area contributed by atoms with Gasteiger partial charge in [-0.05, 0) is 51.8 Å². The molecule has 0 amide bonds. The van der Waals surface area contributed by atoms with Crippen molar-refractivity contribution in [2.24, 2.45) is 0 Å². The zero-order valence-electron chi connectivity index (χ0n) is 12.4. The first-order chi connectivity index (χ1) is 11.3. The molecule has 0 unspecified atom stereocenters. The summed E-state index contributed by atoms with van der Waals surface area (Å²) in [6.07, 6.45) is -1.79. The predicted molar refractivity (Wildman–Crippen MR) is 85.9 cm³/mol. The van der Waals surface area contributed by atoms with E-state index >= 15 is 0 Å². The predicted octanol–water partition coefficient (Wildman–Crippen LogP) is 4.69. The number of aromatic nitrogens is 1. The molecule has 24 heavy (non-hydrogen) atoms. The van der Waals surface area contributed by atoms with Crippen LogP contribution in [0.4, 0.5) is 13.2 Å². The molecule has 1 aliphatic carbocycles. The van der Waals surface area contributed by atoms with Crippen LogP contribution in [0.3, 0.4) is 0 Å². The van der Waals surface area contributed by atoms with Gasteiger partial charge in [-0.2, -0.15) is 13.2 Å². The molecule has 0 saturated heterocycles. The highest BCUT2D eigenvalue weighted by atomic mass is 79.9. The number of methoxy groups -OCH3 is 1. The molecule has 1 aromatic heterocycles. The van der Waals surface area contributed by atoms with Gasteiger partial charge in [-0.3, -0.25) is 9.78 Å². The summed E-state index contributed by atoms with van der Waals surface area (Å²) in [6.45, 7) is 0. The summed E-state index contributed by atoms with van der Waals surface area (Å²) in [5, 5.41) is 0. The Morgan fingerprint density at radius 1 is 1.33 bits per heavy atom. The number of alkyl halides is 3. The second kappa shape index (κ2) is 6.05. The lowest BCUT2D eigenvalue weighted by Gasteiger charge is -2.09. The standard InChI is InChI=1S/C17H11BrF3NO2/c1-24-15-8-11-9(6-13(15)18)5-10(16(11)23)7-14-12(17(19,20)21)3-2-4-22-14/h2-4,6-8H,5H2,1H3. The number of rotatable bonds is 2. The number of fused-ring (bicyclic) bond motifs is 1. The van der Waals surface area contributed by atoms with E-state index in [1.54, 1.807) is 12.1 Å². The molecule has 0 atom stereocenters. The third-order valence-electron chi connectivity index (χ3n) is 3.75. The van der Waals surface area contributed by atoms with E-state index in [0.29, 0.717) is 15.8 Å². The maximum absolute atomic E-state index is 13.1. The fraction of sp³-hybridized carbons (Fsp3) is 0.176. The minimum atomic E-state index is -4.53. The van der Waals surface area contributed by atoms with Crippen LogP contribution < -0.4 is 4.74 Å². The molecule has 0 spiro atoms. The summed E-state index contributed by atoms with van der Waals surface area (Å²) in [5.74, 6) is 0.187. The maximum Gasteiger partial charge on any atom is 0.418 e. The molecule has 3 rings (SSSR count). The van der Waals surface area contributed by atoms with E-state index in [4.69, 9.17) is 4.74 Å². The Morgan fingerprint density at radius 3 is 2.75 bits per heavy atom. The number of Topliss-reactive ketones (excluding diaryl/α,β-unsaturated/α-hetero) is 1. The van der Waals surface area contributed by atoms with Crippen molar-refractivity contribution in [3.8, 4) is 5.75 Å². The van der Waals surface area contributed by atoms with Crippen molar-refractivity contribution in [3.05, 3.63) is 62.9 Å². The normalized spacial score (nSPS) is 15.7. The second-order valence-corrected chi connectivity index (χ2v) is 6.11. The van der Waals surface area contributed by atoms with Gasteiger partial charge in [0.15, 0.2) is 5.78 Å². The molecular formula is C17H11BrF3NO2. The molecule has 1 aromatic carbocycles. The monoisotopic (exact) mass is 397 g/mol. The zero-order valence-corrected chi connectivity index (χ0v) is 14.0. The molecule has 0 aliphatic heterocycles. The average Bonchev–Trinajstić information content (AvgIpc) is 2.81. The fourth-order valence-electron chi connectivity index (χ4n) is 2.62. The number of ether oxygens (including phenoxy) is 1.